The molecule has 7 nitrogen and oxygen atoms in total. The van der Waals surface area contributed by atoms with Crippen molar-refractivity contribution < 1.29 is 23.8 Å². The van der Waals surface area contributed by atoms with Crippen molar-refractivity contribution in [1.82, 2.24) is 9.55 Å². The molecule has 4 atom stereocenters. The lowest BCUT2D eigenvalue weighted by atomic mass is 10.1. The van der Waals surface area contributed by atoms with E-state index in [1.807, 2.05) is 0 Å². The molecule has 0 bridgehead atoms. The first-order valence-electron chi connectivity index (χ1n) is 10.3. The van der Waals surface area contributed by atoms with Crippen LogP contribution in [0.1, 0.15) is 31.8 Å². The fourth-order valence-electron chi connectivity index (χ4n) is 3.60. The zero-order chi connectivity index (χ0) is 23.4. The fourth-order valence-corrected chi connectivity index (χ4v) is 5.00. The number of Topliss-reactive ketones (excluding diaryl/α,β-unsaturated/α-hetero) is 1. The predicted octanol–water partition coefficient (Wildman–Crippen LogP) is 2.84. The predicted molar refractivity (Wildman–Crippen MR) is 121 cm³/mol. The normalized spacial score (nSPS) is 22.1. The number of aromatic nitrogens is 2. The number of ether oxygens (including phenoxy) is 1. The third-order valence-electron chi connectivity index (χ3n) is 5.30. The summed E-state index contributed by atoms with van der Waals surface area (Å²) in [5.41, 5.74) is 0.322. The van der Waals surface area contributed by atoms with E-state index < -0.39 is 41.2 Å². The van der Waals surface area contributed by atoms with Gasteiger partial charge in [-0.1, -0.05) is 48.5 Å². The van der Waals surface area contributed by atoms with Gasteiger partial charge in [-0.05, 0) is 18.2 Å². The topological polar surface area (TPSA) is 98.5 Å². The third-order valence-corrected chi connectivity index (χ3v) is 6.83. The molecule has 3 aromatic rings. The number of halogens is 1. The molecule has 2 heterocycles. The maximum Gasteiger partial charge on any atom is 0.348 e. The summed E-state index contributed by atoms with van der Waals surface area (Å²) in [6.07, 6.45) is -1.66. The molecule has 0 saturated carbocycles. The lowest BCUT2D eigenvalue weighted by Gasteiger charge is -2.20. The van der Waals surface area contributed by atoms with Crippen molar-refractivity contribution in [3.8, 4) is 0 Å². The van der Waals surface area contributed by atoms with Crippen LogP contribution in [0.15, 0.2) is 77.7 Å². The number of alkyl halides is 1. The Bertz CT molecular complexity index is 1190. The number of nitrogens with zero attached hydrogens (tertiary/aromatic N) is 2. The second-order valence-electron chi connectivity index (χ2n) is 7.50. The van der Waals surface area contributed by atoms with Crippen LogP contribution in [0, 0.1) is 0 Å². The highest BCUT2D eigenvalue weighted by molar-refractivity contribution is 8.00. The monoisotopic (exact) mass is 468 g/mol. The summed E-state index contributed by atoms with van der Waals surface area (Å²) in [5.74, 6) is -0.893. The molecule has 0 amide bonds. The molecule has 170 valence electrons. The number of ketones is 1. The quantitative estimate of drug-likeness (QED) is 0.421. The van der Waals surface area contributed by atoms with Gasteiger partial charge in [0.2, 0.25) is 0 Å². The zero-order valence-corrected chi connectivity index (χ0v) is 18.2. The van der Waals surface area contributed by atoms with Crippen LogP contribution in [0.5, 0.6) is 0 Å². The molecule has 1 fully saturated rings. The molecular formula is C24H21FN2O5S. The second kappa shape index (κ2) is 10.1. The number of hydrogen-bond donors (Lipinski definition) is 1. The smallest absolute Gasteiger partial charge is 0.348 e. The van der Waals surface area contributed by atoms with Gasteiger partial charge in [0.15, 0.2) is 18.1 Å². The van der Waals surface area contributed by atoms with E-state index in [9.17, 15) is 19.5 Å². The number of rotatable bonds is 7. The molecule has 1 N–H and O–H groups in total. The third kappa shape index (κ3) is 5.04. The summed E-state index contributed by atoms with van der Waals surface area (Å²) in [4.78, 5) is 41.3. The molecule has 0 aliphatic carbocycles. The highest BCUT2D eigenvalue weighted by Gasteiger charge is 2.48. The molecule has 1 aliphatic rings. The minimum absolute atomic E-state index is 0.0620. The number of aliphatic hydroxyl groups is 1. The average molecular weight is 469 g/mol. The maximum atomic E-state index is 15.3. The summed E-state index contributed by atoms with van der Waals surface area (Å²) in [6.45, 7) is -0.430. The van der Waals surface area contributed by atoms with Crippen LogP contribution >= 0.6 is 11.8 Å². The van der Waals surface area contributed by atoms with Crippen LogP contribution in [0.2, 0.25) is 0 Å². The molecule has 0 radical (unpaired) electrons. The number of thioether (sulfide) groups is 1. The van der Waals surface area contributed by atoms with E-state index in [2.05, 4.69) is 4.98 Å². The number of carbonyl (C=O) groups excluding carboxylic acids is 2. The zero-order valence-electron chi connectivity index (χ0n) is 17.4. The summed E-state index contributed by atoms with van der Waals surface area (Å²) < 4.78 is 21.8. The lowest BCUT2D eigenvalue weighted by molar-refractivity contribution is 0.00203. The molecule has 0 unspecified atom stereocenters. The van der Waals surface area contributed by atoms with Gasteiger partial charge < -0.3 is 9.84 Å². The Morgan fingerprint density at radius 1 is 1.03 bits per heavy atom. The minimum Gasteiger partial charge on any atom is -0.454 e. The number of benzene rings is 2. The van der Waals surface area contributed by atoms with Gasteiger partial charge in [0.25, 0.3) is 0 Å². The van der Waals surface area contributed by atoms with Crippen molar-refractivity contribution in [3.63, 3.8) is 0 Å². The van der Waals surface area contributed by atoms with Crippen molar-refractivity contribution in [2.45, 2.75) is 29.3 Å². The van der Waals surface area contributed by atoms with E-state index >= 15 is 4.39 Å². The molecule has 4 rings (SSSR count). The summed E-state index contributed by atoms with van der Waals surface area (Å²) in [7, 11) is 0. The van der Waals surface area contributed by atoms with E-state index in [4.69, 9.17) is 4.74 Å². The number of aliphatic hydroxyl groups excluding tert-OH is 1. The van der Waals surface area contributed by atoms with Gasteiger partial charge in [-0.2, -0.15) is 4.98 Å². The van der Waals surface area contributed by atoms with Gasteiger partial charge in [0, 0.05) is 11.8 Å². The molecule has 2 aromatic carbocycles. The number of esters is 1. The van der Waals surface area contributed by atoms with Gasteiger partial charge in [-0.25, -0.2) is 14.0 Å². The molecular weight excluding hydrogens is 447 g/mol. The average Bonchev–Trinajstić information content (AvgIpc) is 3.15. The summed E-state index contributed by atoms with van der Waals surface area (Å²) in [5, 5.41) is 7.92. The fraction of sp³-hybridized carbons (Fsp3) is 0.250. The first-order chi connectivity index (χ1) is 16.0. The highest BCUT2D eigenvalue weighted by Crippen LogP contribution is 2.44. The van der Waals surface area contributed by atoms with Gasteiger partial charge in [-0.3, -0.25) is 9.36 Å². The lowest BCUT2D eigenvalue weighted by Crippen LogP contribution is -2.37. The van der Waals surface area contributed by atoms with Crippen molar-refractivity contribution in [2.75, 3.05) is 6.61 Å². The number of carbonyl (C=O) groups is 2. The molecule has 1 saturated heterocycles. The van der Waals surface area contributed by atoms with Crippen molar-refractivity contribution >= 4 is 23.5 Å². The molecule has 9 heteroatoms. The van der Waals surface area contributed by atoms with Gasteiger partial charge in [0.05, 0.1) is 29.5 Å². The summed E-state index contributed by atoms with van der Waals surface area (Å²) in [6, 6.07) is 18.3. The Hall–Kier alpha value is -3.30. The van der Waals surface area contributed by atoms with Gasteiger partial charge in [0.1, 0.15) is 5.37 Å². The van der Waals surface area contributed by atoms with Crippen LogP contribution in [-0.2, 0) is 11.2 Å². The van der Waals surface area contributed by atoms with Crippen LogP contribution in [0.25, 0.3) is 0 Å². The standard InChI is InChI=1S/C24H21FN2O5S/c25-20-21(32-23(30)16-9-5-2-6-10-16)19(14-28)33-22(20)27-12-11-17(26-24(27)31)13-18(29)15-7-3-1-4-8-15/h1-12,19-22,28H,13-14H2/t19-,20+,21-,22-/m1/s1. The molecule has 1 aromatic heterocycles. The van der Waals surface area contributed by atoms with Crippen LogP contribution < -0.4 is 5.69 Å². The number of hydrogen-bond acceptors (Lipinski definition) is 7. The highest BCUT2D eigenvalue weighted by atomic mass is 32.2. The van der Waals surface area contributed by atoms with Crippen LogP contribution in [0.4, 0.5) is 4.39 Å². The Kier molecular flexibility index (Phi) is 7.00. The molecule has 0 spiro atoms. The van der Waals surface area contributed by atoms with Crippen LogP contribution in [0.3, 0.4) is 0 Å². The first-order valence-corrected chi connectivity index (χ1v) is 11.2. The van der Waals surface area contributed by atoms with E-state index in [-0.39, 0.29) is 23.5 Å². The summed E-state index contributed by atoms with van der Waals surface area (Å²) >= 11 is 1.00. The second-order valence-corrected chi connectivity index (χ2v) is 8.86. The van der Waals surface area contributed by atoms with Crippen molar-refractivity contribution in [1.29, 1.82) is 0 Å². The molecule has 33 heavy (non-hydrogen) atoms. The largest absolute Gasteiger partial charge is 0.454 e. The van der Waals surface area contributed by atoms with E-state index in [1.165, 1.54) is 12.3 Å². The van der Waals surface area contributed by atoms with Crippen LogP contribution in [-0.4, -0.2) is 50.5 Å². The maximum absolute atomic E-state index is 15.3. The van der Waals surface area contributed by atoms with Gasteiger partial charge >= 0.3 is 11.7 Å². The Morgan fingerprint density at radius 2 is 1.67 bits per heavy atom. The van der Waals surface area contributed by atoms with Crippen molar-refractivity contribution in [2.24, 2.45) is 0 Å². The van der Waals surface area contributed by atoms with E-state index in [1.54, 1.807) is 60.7 Å². The van der Waals surface area contributed by atoms with Gasteiger partial charge in [-0.15, -0.1) is 11.8 Å². The first kappa shape index (κ1) is 22.9. The molecule has 1 aliphatic heterocycles. The SMILES string of the molecule is O=C(Cc1ccn([C@@H]2S[C@H](CO)[C@@H](OC(=O)c3ccccc3)[C@@H]2F)c(=O)n1)c1ccccc1. The Morgan fingerprint density at radius 3 is 2.27 bits per heavy atom. The Labute approximate surface area is 193 Å². The van der Waals surface area contributed by atoms with Crippen molar-refractivity contribution in [3.05, 3.63) is 100 Å². The minimum atomic E-state index is -1.74. The van der Waals surface area contributed by atoms with E-state index in [0.29, 0.717) is 5.56 Å². The Balaban J connectivity index is 1.49. The van der Waals surface area contributed by atoms with E-state index in [0.717, 1.165) is 16.3 Å².